The number of fused-ring (bicyclic) bond motifs is 1. The van der Waals surface area contributed by atoms with E-state index in [0.29, 0.717) is 30.7 Å². The summed E-state index contributed by atoms with van der Waals surface area (Å²) in [4.78, 5) is 31.1. The van der Waals surface area contributed by atoms with Crippen molar-refractivity contribution in [2.75, 3.05) is 13.2 Å². The summed E-state index contributed by atoms with van der Waals surface area (Å²) >= 11 is 0. The maximum Gasteiger partial charge on any atom is 0.255 e. The van der Waals surface area contributed by atoms with Gasteiger partial charge in [-0.05, 0) is 37.0 Å². The minimum absolute atomic E-state index is 0.0741. The molecule has 0 spiro atoms. The summed E-state index contributed by atoms with van der Waals surface area (Å²) in [5.74, 6) is 1.98. The number of rotatable bonds is 6. The lowest BCUT2D eigenvalue weighted by atomic mass is 10.1. The number of H-pyrrole nitrogens is 1. The highest BCUT2D eigenvalue weighted by atomic mass is 16.5. The molecular formula is C22H23N5O2. The predicted molar refractivity (Wildman–Crippen MR) is 108 cm³/mol. The summed E-state index contributed by atoms with van der Waals surface area (Å²) < 4.78 is 5.94. The fourth-order valence-corrected chi connectivity index (χ4v) is 3.65. The molecule has 7 heteroatoms. The molecule has 1 saturated carbocycles. The molecule has 7 nitrogen and oxygen atoms in total. The van der Waals surface area contributed by atoms with Crippen molar-refractivity contribution in [2.24, 2.45) is 5.92 Å². The van der Waals surface area contributed by atoms with Crippen LogP contribution in [0.15, 0.2) is 47.7 Å². The van der Waals surface area contributed by atoms with Crippen LogP contribution in [0.2, 0.25) is 0 Å². The second-order valence-electron chi connectivity index (χ2n) is 7.76. The highest BCUT2D eigenvalue weighted by Crippen LogP contribution is 2.30. The molecule has 3 aromatic heterocycles. The van der Waals surface area contributed by atoms with E-state index in [4.69, 9.17) is 9.72 Å². The SMILES string of the molecule is O=c1[nH]c(-c2cccnc2)nc2c1CN(Cc1cccnc1OCC1CC1)CC2. The van der Waals surface area contributed by atoms with Crippen molar-refractivity contribution in [3.63, 3.8) is 0 Å². The number of aromatic amines is 1. The van der Waals surface area contributed by atoms with Gasteiger partial charge in [0.1, 0.15) is 5.82 Å². The lowest BCUT2D eigenvalue weighted by molar-refractivity contribution is 0.230. The number of ether oxygens (including phenoxy) is 1. The maximum absolute atomic E-state index is 12.7. The Morgan fingerprint density at radius 3 is 2.93 bits per heavy atom. The number of hydrogen-bond donors (Lipinski definition) is 1. The van der Waals surface area contributed by atoms with Gasteiger partial charge in [-0.1, -0.05) is 6.07 Å². The molecule has 0 unspecified atom stereocenters. The minimum Gasteiger partial charge on any atom is -0.477 e. The zero-order valence-corrected chi connectivity index (χ0v) is 16.2. The van der Waals surface area contributed by atoms with Crippen LogP contribution in [0.4, 0.5) is 0 Å². The van der Waals surface area contributed by atoms with Gasteiger partial charge in [-0.2, -0.15) is 0 Å². The Hall–Kier alpha value is -3.06. The number of pyridine rings is 2. The largest absolute Gasteiger partial charge is 0.477 e. The topological polar surface area (TPSA) is 84.0 Å². The highest BCUT2D eigenvalue weighted by molar-refractivity contribution is 5.53. The van der Waals surface area contributed by atoms with E-state index in [9.17, 15) is 4.79 Å². The first-order chi connectivity index (χ1) is 14.3. The summed E-state index contributed by atoms with van der Waals surface area (Å²) in [6, 6.07) is 7.73. The molecule has 0 atom stereocenters. The van der Waals surface area contributed by atoms with E-state index >= 15 is 0 Å². The van der Waals surface area contributed by atoms with E-state index in [-0.39, 0.29) is 5.56 Å². The summed E-state index contributed by atoms with van der Waals surface area (Å²) in [6.45, 7) is 2.86. The summed E-state index contributed by atoms with van der Waals surface area (Å²) in [5.41, 5.74) is 3.43. The lowest BCUT2D eigenvalue weighted by Gasteiger charge is -2.28. The Labute approximate surface area is 168 Å². The lowest BCUT2D eigenvalue weighted by Crippen LogP contribution is -2.35. The summed E-state index contributed by atoms with van der Waals surface area (Å²) in [6.07, 6.45) is 8.44. The molecule has 0 radical (unpaired) electrons. The zero-order chi connectivity index (χ0) is 19.6. The summed E-state index contributed by atoms with van der Waals surface area (Å²) in [7, 11) is 0. The Morgan fingerprint density at radius 2 is 2.10 bits per heavy atom. The maximum atomic E-state index is 12.7. The molecule has 2 aliphatic rings. The standard InChI is InChI=1S/C22H23N5O2/c28-21-18-13-27(12-17-4-2-9-24-22(17)29-14-15-5-6-15)10-7-19(18)25-20(26-21)16-3-1-8-23-11-16/h1-4,8-9,11,15H,5-7,10,12-14H2,(H,25,26,28). The second kappa shape index (κ2) is 7.75. The zero-order valence-electron chi connectivity index (χ0n) is 16.2. The fourth-order valence-electron chi connectivity index (χ4n) is 3.65. The van der Waals surface area contributed by atoms with Gasteiger partial charge >= 0.3 is 0 Å². The highest BCUT2D eigenvalue weighted by Gasteiger charge is 2.24. The van der Waals surface area contributed by atoms with Crippen molar-refractivity contribution in [2.45, 2.75) is 32.4 Å². The van der Waals surface area contributed by atoms with Crippen LogP contribution in [0.5, 0.6) is 5.88 Å². The van der Waals surface area contributed by atoms with Crippen LogP contribution < -0.4 is 10.3 Å². The molecule has 1 aliphatic carbocycles. The number of nitrogens with zero attached hydrogens (tertiary/aromatic N) is 4. The average molecular weight is 389 g/mol. The van der Waals surface area contributed by atoms with E-state index in [2.05, 4.69) is 25.9 Å². The van der Waals surface area contributed by atoms with E-state index in [1.807, 2.05) is 18.2 Å². The number of hydrogen-bond acceptors (Lipinski definition) is 6. The van der Waals surface area contributed by atoms with Gasteiger partial charge in [-0.15, -0.1) is 0 Å². The predicted octanol–water partition coefficient (Wildman–Crippen LogP) is 2.57. The molecule has 0 amide bonds. The van der Waals surface area contributed by atoms with Gasteiger partial charge in [0.05, 0.1) is 17.9 Å². The Kier molecular flexibility index (Phi) is 4.81. The van der Waals surface area contributed by atoms with Gasteiger partial charge in [0.15, 0.2) is 0 Å². The first kappa shape index (κ1) is 18.0. The number of aromatic nitrogens is 4. The third-order valence-electron chi connectivity index (χ3n) is 5.48. The van der Waals surface area contributed by atoms with E-state index in [0.717, 1.165) is 42.0 Å². The van der Waals surface area contributed by atoms with Crippen molar-refractivity contribution in [1.29, 1.82) is 0 Å². The molecule has 1 aliphatic heterocycles. The van der Waals surface area contributed by atoms with Crippen LogP contribution >= 0.6 is 0 Å². The third kappa shape index (κ3) is 4.05. The molecule has 4 heterocycles. The molecule has 0 saturated heterocycles. The second-order valence-corrected chi connectivity index (χ2v) is 7.76. The van der Waals surface area contributed by atoms with Gasteiger partial charge in [0.2, 0.25) is 5.88 Å². The first-order valence-electron chi connectivity index (χ1n) is 10.1. The van der Waals surface area contributed by atoms with Crippen molar-refractivity contribution in [3.05, 3.63) is 70.0 Å². The molecule has 1 N–H and O–H groups in total. The quantitative estimate of drug-likeness (QED) is 0.698. The van der Waals surface area contributed by atoms with E-state index in [1.165, 1.54) is 12.8 Å². The Balaban J connectivity index is 1.33. The monoisotopic (exact) mass is 389 g/mol. The average Bonchev–Trinajstić information content (AvgIpc) is 3.59. The van der Waals surface area contributed by atoms with Crippen molar-refractivity contribution >= 4 is 0 Å². The van der Waals surface area contributed by atoms with Crippen LogP contribution in [-0.2, 0) is 19.5 Å². The minimum atomic E-state index is -0.0741. The van der Waals surface area contributed by atoms with Gasteiger partial charge < -0.3 is 9.72 Å². The summed E-state index contributed by atoms with van der Waals surface area (Å²) in [5, 5.41) is 0. The molecule has 5 rings (SSSR count). The molecule has 29 heavy (non-hydrogen) atoms. The molecular weight excluding hydrogens is 366 g/mol. The third-order valence-corrected chi connectivity index (χ3v) is 5.48. The van der Waals surface area contributed by atoms with Crippen LogP contribution in [0.3, 0.4) is 0 Å². The smallest absolute Gasteiger partial charge is 0.255 e. The van der Waals surface area contributed by atoms with Crippen LogP contribution in [0.25, 0.3) is 11.4 Å². The van der Waals surface area contributed by atoms with Crippen LogP contribution in [-0.4, -0.2) is 38.0 Å². The normalized spacial score (nSPS) is 16.4. The van der Waals surface area contributed by atoms with Crippen LogP contribution in [0.1, 0.15) is 29.7 Å². The molecule has 3 aromatic rings. The Morgan fingerprint density at radius 1 is 1.21 bits per heavy atom. The molecule has 148 valence electrons. The van der Waals surface area contributed by atoms with Gasteiger partial charge in [0, 0.05) is 55.8 Å². The van der Waals surface area contributed by atoms with E-state index < -0.39 is 0 Å². The van der Waals surface area contributed by atoms with Gasteiger partial charge in [0.25, 0.3) is 5.56 Å². The van der Waals surface area contributed by atoms with Crippen LogP contribution in [0, 0.1) is 5.92 Å². The van der Waals surface area contributed by atoms with Gasteiger partial charge in [-0.3, -0.25) is 14.7 Å². The Bertz CT molecular complexity index is 1060. The molecule has 1 fully saturated rings. The molecule has 0 bridgehead atoms. The van der Waals surface area contributed by atoms with Crippen molar-refractivity contribution in [3.8, 4) is 17.3 Å². The van der Waals surface area contributed by atoms with Crippen molar-refractivity contribution in [1.82, 2.24) is 24.8 Å². The molecule has 0 aromatic carbocycles. The fraction of sp³-hybridized carbons (Fsp3) is 0.364. The number of nitrogens with one attached hydrogen (secondary N) is 1. The first-order valence-corrected chi connectivity index (χ1v) is 10.1. The van der Waals surface area contributed by atoms with E-state index in [1.54, 1.807) is 18.6 Å². The van der Waals surface area contributed by atoms with Crippen molar-refractivity contribution < 1.29 is 4.74 Å². The van der Waals surface area contributed by atoms with Gasteiger partial charge in [-0.25, -0.2) is 9.97 Å².